The van der Waals surface area contributed by atoms with Crippen LogP contribution in [0.5, 0.6) is 5.75 Å². The zero-order valence-corrected chi connectivity index (χ0v) is 21.5. The molecule has 1 N–H and O–H groups in total. The monoisotopic (exact) mass is 508 g/mol. The fraction of sp³-hybridized carbons (Fsp3) is 0.417. The summed E-state index contributed by atoms with van der Waals surface area (Å²) in [7, 11) is -0.0927. The van der Waals surface area contributed by atoms with Gasteiger partial charge in [0.1, 0.15) is 24.2 Å². The van der Waals surface area contributed by atoms with E-state index in [1.54, 1.807) is 38.1 Å². The molecule has 0 aliphatic rings. The number of anilines is 1. The molecule has 2 aromatic carbocycles. The third kappa shape index (κ3) is 6.92. The van der Waals surface area contributed by atoms with Gasteiger partial charge < -0.3 is 15.0 Å². The van der Waals surface area contributed by atoms with Crippen LogP contribution in [0.25, 0.3) is 0 Å². The molecule has 9 nitrogen and oxygen atoms in total. The molecule has 0 aliphatic carbocycles. The molecule has 0 radical (unpaired) electrons. The highest BCUT2D eigenvalue weighted by Crippen LogP contribution is 2.24. The Morgan fingerprint density at radius 3 is 2.20 bits per heavy atom. The van der Waals surface area contributed by atoms with Crippen molar-refractivity contribution in [2.45, 2.75) is 32.9 Å². The van der Waals surface area contributed by atoms with E-state index in [1.165, 1.54) is 44.3 Å². The molecule has 0 saturated carbocycles. The Kier molecular flexibility index (Phi) is 10.0. The Labute approximate surface area is 206 Å². The van der Waals surface area contributed by atoms with E-state index in [0.29, 0.717) is 18.7 Å². The summed E-state index contributed by atoms with van der Waals surface area (Å²) >= 11 is 0. The molecule has 11 heteroatoms. The van der Waals surface area contributed by atoms with Crippen molar-refractivity contribution in [1.82, 2.24) is 14.5 Å². The average Bonchev–Trinajstić information content (AvgIpc) is 2.83. The summed E-state index contributed by atoms with van der Waals surface area (Å²) in [5.74, 6) is -1.16. The van der Waals surface area contributed by atoms with Gasteiger partial charge in [-0.1, -0.05) is 31.2 Å². The highest BCUT2D eigenvalue weighted by molar-refractivity contribution is 7.90. The molecule has 2 amide bonds. The van der Waals surface area contributed by atoms with Gasteiger partial charge in [-0.05, 0) is 43.2 Å². The molecule has 2 aromatic rings. The van der Waals surface area contributed by atoms with Crippen LogP contribution >= 0.6 is 0 Å². The van der Waals surface area contributed by atoms with Gasteiger partial charge in [0.15, 0.2) is 0 Å². The van der Waals surface area contributed by atoms with Crippen LogP contribution in [0.1, 0.15) is 25.8 Å². The molecule has 0 unspecified atom stereocenters. The maximum atomic E-state index is 14.6. The average molecular weight is 509 g/mol. The molecule has 35 heavy (non-hydrogen) atoms. The van der Waals surface area contributed by atoms with Gasteiger partial charge >= 0.3 is 10.2 Å². The Morgan fingerprint density at radius 1 is 1.06 bits per heavy atom. The van der Waals surface area contributed by atoms with E-state index < -0.39 is 34.5 Å². The van der Waals surface area contributed by atoms with Gasteiger partial charge in [0.25, 0.3) is 0 Å². The van der Waals surface area contributed by atoms with Crippen LogP contribution in [0.3, 0.4) is 0 Å². The number of carbonyl (C=O) groups is 2. The highest BCUT2D eigenvalue weighted by Gasteiger charge is 2.34. The van der Waals surface area contributed by atoms with Crippen molar-refractivity contribution in [1.29, 1.82) is 0 Å². The normalized spacial score (nSPS) is 12.2. The molecule has 0 aliphatic heterocycles. The standard InChI is InChI=1S/C24H33FN4O5S/c1-6-21(24(31)26-7-2)28(16-18-12-14-19(34-5)15-13-18)23(30)17-29(35(32,33)27(3)4)22-11-9-8-10-20(22)25/h8-15,21H,6-7,16-17H2,1-5H3,(H,26,31)/t21-/m0/s1. The van der Waals surface area contributed by atoms with Crippen molar-refractivity contribution in [3.8, 4) is 5.75 Å². The number of rotatable bonds is 12. The van der Waals surface area contributed by atoms with Crippen LogP contribution in [0.15, 0.2) is 48.5 Å². The summed E-state index contributed by atoms with van der Waals surface area (Å²) < 4.78 is 47.6. The number of amides is 2. The first-order chi connectivity index (χ1) is 16.6. The molecular weight excluding hydrogens is 475 g/mol. The Morgan fingerprint density at radius 2 is 1.69 bits per heavy atom. The number of nitrogens with one attached hydrogen (secondary N) is 1. The molecule has 0 heterocycles. The lowest BCUT2D eigenvalue weighted by Crippen LogP contribution is -2.53. The smallest absolute Gasteiger partial charge is 0.304 e. The van der Waals surface area contributed by atoms with Crippen molar-refractivity contribution < 1.29 is 27.1 Å². The second-order valence-corrected chi connectivity index (χ2v) is 10.0. The molecule has 0 spiro atoms. The maximum absolute atomic E-state index is 14.6. The summed E-state index contributed by atoms with van der Waals surface area (Å²) in [6.45, 7) is 3.26. The second-order valence-electron chi connectivity index (χ2n) is 7.94. The van der Waals surface area contributed by atoms with Gasteiger partial charge in [0.05, 0.1) is 12.8 Å². The number of nitrogens with zero attached hydrogens (tertiary/aromatic N) is 3. The largest absolute Gasteiger partial charge is 0.497 e. The topological polar surface area (TPSA) is 99.3 Å². The Balaban J connectivity index is 2.50. The zero-order chi connectivity index (χ0) is 26.2. The Hall–Kier alpha value is -3.18. The van der Waals surface area contributed by atoms with E-state index >= 15 is 0 Å². The Bertz CT molecular complexity index is 1110. The first-order valence-corrected chi connectivity index (χ1v) is 12.6. The number of methoxy groups -OCH3 is 1. The molecular formula is C24H33FN4O5S. The second kappa shape index (κ2) is 12.5. The van der Waals surface area contributed by atoms with E-state index in [9.17, 15) is 22.4 Å². The van der Waals surface area contributed by atoms with Crippen molar-refractivity contribution in [3.63, 3.8) is 0 Å². The van der Waals surface area contributed by atoms with Crippen LogP contribution in [0, 0.1) is 5.82 Å². The first-order valence-electron chi connectivity index (χ1n) is 11.2. The number of ether oxygens (including phenoxy) is 1. The molecule has 1 atom stereocenters. The number of para-hydroxylation sites is 1. The van der Waals surface area contributed by atoms with Crippen molar-refractivity contribution in [2.75, 3.05) is 38.6 Å². The SMILES string of the molecule is CCNC(=O)[C@H](CC)N(Cc1ccc(OC)cc1)C(=O)CN(c1ccccc1F)S(=O)(=O)N(C)C. The summed E-state index contributed by atoms with van der Waals surface area (Å²) in [4.78, 5) is 27.7. The molecule has 2 rings (SSSR count). The van der Waals surface area contributed by atoms with E-state index in [-0.39, 0.29) is 18.1 Å². The van der Waals surface area contributed by atoms with Gasteiger partial charge in [-0.15, -0.1) is 0 Å². The third-order valence-corrected chi connectivity index (χ3v) is 7.19. The van der Waals surface area contributed by atoms with E-state index in [2.05, 4.69) is 5.32 Å². The molecule has 0 fully saturated rings. The quantitative estimate of drug-likeness (QED) is 0.475. The molecule has 192 valence electrons. The van der Waals surface area contributed by atoms with Crippen molar-refractivity contribution in [2.24, 2.45) is 0 Å². The predicted molar refractivity (Wildman–Crippen MR) is 133 cm³/mol. The van der Waals surface area contributed by atoms with E-state index in [4.69, 9.17) is 4.74 Å². The lowest BCUT2D eigenvalue weighted by molar-refractivity contribution is -0.140. The van der Waals surface area contributed by atoms with Crippen LogP contribution in [0.4, 0.5) is 10.1 Å². The van der Waals surface area contributed by atoms with E-state index in [1.807, 2.05) is 0 Å². The van der Waals surface area contributed by atoms with Crippen LogP contribution < -0.4 is 14.4 Å². The van der Waals surface area contributed by atoms with Crippen LogP contribution in [0.2, 0.25) is 0 Å². The van der Waals surface area contributed by atoms with Gasteiger partial charge in [0, 0.05) is 27.2 Å². The summed E-state index contributed by atoms with van der Waals surface area (Å²) in [5.41, 5.74) is 0.458. The number of likely N-dealkylation sites (N-methyl/N-ethyl adjacent to an activating group) is 1. The van der Waals surface area contributed by atoms with Gasteiger partial charge in [-0.2, -0.15) is 12.7 Å². The van der Waals surface area contributed by atoms with Crippen molar-refractivity contribution >= 4 is 27.7 Å². The predicted octanol–water partition coefficient (Wildman–Crippen LogP) is 2.39. The van der Waals surface area contributed by atoms with Crippen LogP contribution in [-0.2, 0) is 26.3 Å². The molecule has 0 aromatic heterocycles. The number of halogens is 1. The number of hydrogen-bond acceptors (Lipinski definition) is 5. The zero-order valence-electron chi connectivity index (χ0n) is 20.7. The lowest BCUT2D eigenvalue weighted by Gasteiger charge is -2.34. The van der Waals surface area contributed by atoms with E-state index in [0.717, 1.165) is 20.2 Å². The summed E-state index contributed by atoms with van der Waals surface area (Å²) in [6, 6.07) is 11.5. The third-order valence-electron chi connectivity index (χ3n) is 5.39. The molecule has 0 bridgehead atoms. The van der Waals surface area contributed by atoms with Gasteiger partial charge in [-0.25, -0.2) is 8.70 Å². The lowest BCUT2D eigenvalue weighted by atomic mass is 10.1. The maximum Gasteiger partial charge on any atom is 0.304 e. The fourth-order valence-corrected chi connectivity index (χ4v) is 4.56. The van der Waals surface area contributed by atoms with Crippen LogP contribution in [-0.4, -0.2) is 69.8 Å². The number of benzene rings is 2. The summed E-state index contributed by atoms with van der Waals surface area (Å²) in [6.07, 6.45) is 0.299. The van der Waals surface area contributed by atoms with Crippen molar-refractivity contribution in [3.05, 3.63) is 59.9 Å². The fourth-order valence-electron chi connectivity index (χ4n) is 3.50. The summed E-state index contributed by atoms with van der Waals surface area (Å²) in [5, 5.41) is 2.73. The number of carbonyl (C=O) groups excluding carboxylic acids is 2. The first kappa shape index (κ1) is 28.1. The molecule has 0 saturated heterocycles. The number of hydrogen-bond donors (Lipinski definition) is 1. The minimum Gasteiger partial charge on any atom is -0.497 e. The van der Waals surface area contributed by atoms with Gasteiger partial charge in [-0.3, -0.25) is 9.59 Å². The van der Waals surface area contributed by atoms with Gasteiger partial charge in [0.2, 0.25) is 11.8 Å². The minimum atomic E-state index is -4.23. The minimum absolute atomic E-state index is 0.0472. The highest BCUT2D eigenvalue weighted by atomic mass is 32.2.